The Hall–Kier alpha value is -3.08. The van der Waals surface area contributed by atoms with Gasteiger partial charge in [0.05, 0.1) is 11.7 Å². The van der Waals surface area contributed by atoms with Gasteiger partial charge < -0.3 is 4.74 Å². The molecule has 0 spiro atoms. The predicted molar refractivity (Wildman–Crippen MR) is 97.7 cm³/mol. The Balaban J connectivity index is 2.42. The molecular weight excluding hydrogens is 353 g/mol. The van der Waals surface area contributed by atoms with E-state index < -0.39 is 29.5 Å². The molecule has 3 aromatic carbocycles. The molecule has 0 aromatic heterocycles. The van der Waals surface area contributed by atoms with Crippen LogP contribution in [0, 0.1) is 17.5 Å². The Bertz CT molecular complexity index is 901. The molecule has 0 atom stereocenters. The normalized spacial score (nSPS) is 10.9. The molecule has 27 heavy (non-hydrogen) atoms. The average molecular weight is 370 g/mol. The summed E-state index contributed by atoms with van der Waals surface area (Å²) in [5.41, 5.74) is -0.473. The van der Waals surface area contributed by atoms with E-state index in [2.05, 4.69) is 0 Å². The second-order valence-electron chi connectivity index (χ2n) is 6.25. The molecule has 0 heterocycles. The third kappa shape index (κ3) is 3.58. The third-order valence-corrected chi connectivity index (χ3v) is 4.00. The number of halogens is 3. The number of ether oxygens (including phenoxy) is 1. The summed E-state index contributed by atoms with van der Waals surface area (Å²) >= 11 is 0. The third-order valence-electron chi connectivity index (χ3n) is 4.00. The number of carbonyl (C=O) groups is 1. The molecule has 0 radical (unpaired) electrons. The maximum absolute atomic E-state index is 14.8. The Morgan fingerprint density at radius 3 is 1.52 bits per heavy atom. The van der Waals surface area contributed by atoms with Crippen LogP contribution < -0.4 is 0 Å². The van der Waals surface area contributed by atoms with E-state index in [4.69, 9.17) is 4.74 Å². The first-order valence-corrected chi connectivity index (χ1v) is 8.44. The molecule has 0 bridgehead atoms. The maximum Gasteiger partial charge on any atom is 0.339 e. The molecule has 5 heteroatoms. The minimum Gasteiger partial charge on any atom is -0.459 e. The van der Waals surface area contributed by atoms with Crippen LogP contribution in [0.3, 0.4) is 0 Å². The second kappa shape index (κ2) is 7.66. The van der Waals surface area contributed by atoms with Crippen molar-refractivity contribution >= 4 is 5.97 Å². The van der Waals surface area contributed by atoms with Gasteiger partial charge in [-0.15, -0.1) is 0 Å². The lowest BCUT2D eigenvalue weighted by Crippen LogP contribution is -2.17. The first-order chi connectivity index (χ1) is 12.9. The standard InChI is InChI=1S/C22H17F3O2/c1-13(2)27-22(26)18-16(14-9-5-3-6-10-14)19(23)21(25)20(24)17(18)15-11-7-4-8-12-15/h3-13H,1-2H3. The first-order valence-electron chi connectivity index (χ1n) is 8.44. The second-order valence-corrected chi connectivity index (χ2v) is 6.25. The molecule has 0 aliphatic carbocycles. The van der Waals surface area contributed by atoms with Crippen LogP contribution in [0.1, 0.15) is 24.2 Å². The van der Waals surface area contributed by atoms with Crippen molar-refractivity contribution < 1.29 is 22.7 Å². The summed E-state index contributed by atoms with van der Waals surface area (Å²) < 4.78 is 49.2. The molecule has 138 valence electrons. The van der Waals surface area contributed by atoms with Gasteiger partial charge in [-0.05, 0) is 25.0 Å². The number of hydrogen-bond acceptors (Lipinski definition) is 2. The van der Waals surface area contributed by atoms with Crippen LogP contribution in [-0.4, -0.2) is 12.1 Å². The maximum atomic E-state index is 14.8. The Kier molecular flexibility index (Phi) is 5.31. The molecule has 0 aliphatic rings. The smallest absolute Gasteiger partial charge is 0.339 e. The van der Waals surface area contributed by atoms with Gasteiger partial charge in [-0.1, -0.05) is 60.7 Å². The van der Waals surface area contributed by atoms with Crippen LogP contribution in [0.15, 0.2) is 60.7 Å². The van der Waals surface area contributed by atoms with E-state index in [1.54, 1.807) is 50.2 Å². The zero-order chi connectivity index (χ0) is 19.6. The van der Waals surface area contributed by atoms with Gasteiger partial charge in [0, 0.05) is 11.1 Å². The van der Waals surface area contributed by atoms with Gasteiger partial charge in [0.15, 0.2) is 17.5 Å². The molecule has 0 aliphatic heterocycles. The largest absolute Gasteiger partial charge is 0.459 e. The van der Waals surface area contributed by atoms with Crippen LogP contribution in [-0.2, 0) is 4.74 Å². The lowest BCUT2D eigenvalue weighted by molar-refractivity contribution is 0.0378. The SMILES string of the molecule is CC(C)OC(=O)c1c(-c2ccccc2)c(F)c(F)c(F)c1-c1ccccc1. The lowest BCUT2D eigenvalue weighted by atomic mass is 9.90. The summed E-state index contributed by atoms with van der Waals surface area (Å²) in [7, 11) is 0. The lowest BCUT2D eigenvalue weighted by Gasteiger charge is -2.18. The van der Waals surface area contributed by atoms with Gasteiger partial charge in [-0.3, -0.25) is 0 Å². The van der Waals surface area contributed by atoms with Crippen LogP contribution in [0.2, 0.25) is 0 Å². The number of benzene rings is 3. The van der Waals surface area contributed by atoms with E-state index in [1.807, 2.05) is 0 Å². The van der Waals surface area contributed by atoms with Crippen LogP contribution >= 0.6 is 0 Å². The minimum absolute atomic E-state index is 0.252. The van der Waals surface area contributed by atoms with Gasteiger partial charge in [0.2, 0.25) is 0 Å². The van der Waals surface area contributed by atoms with Gasteiger partial charge in [-0.25, -0.2) is 18.0 Å². The average Bonchev–Trinajstić information content (AvgIpc) is 2.66. The molecule has 0 saturated carbocycles. The van der Waals surface area contributed by atoms with Crippen molar-refractivity contribution in [2.45, 2.75) is 20.0 Å². The van der Waals surface area contributed by atoms with Crippen LogP contribution in [0.5, 0.6) is 0 Å². The van der Waals surface area contributed by atoms with Crippen LogP contribution in [0.4, 0.5) is 13.2 Å². The molecule has 0 saturated heterocycles. The van der Waals surface area contributed by atoms with Crippen molar-refractivity contribution in [3.05, 3.63) is 83.7 Å². The summed E-state index contributed by atoms with van der Waals surface area (Å²) in [5.74, 6) is -5.39. The van der Waals surface area contributed by atoms with Gasteiger partial charge >= 0.3 is 5.97 Å². The molecule has 2 nitrogen and oxygen atoms in total. The summed E-state index contributed by atoms with van der Waals surface area (Å²) in [6.07, 6.45) is -0.513. The number of carbonyl (C=O) groups excluding carboxylic acids is 1. The molecule has 0 unspecified atom stereocenters. The number of rotatable bonds is 4. The Morgan fingerprint density at radius 1 is 0.741 bits per heavy atom. The van der Waals surface area contributed by atoms with E-state index in [9.17, 15) is 18.0 Å². The minimum atomic E-state index is -1.63. The fourth-order valence-corrected chi connectivity index (χ4v) is 2.89. The first kappa shape index (κ1) is 18.7. The van der Waals surface area contributed by atoms with Gasteiger partial charge in [-0.2, -0.15) is 0 Å². The van der Waals surface area contributed by atoms with E-state index in [1.165, 1.54) is 24.3 Å². The number of hydrogen-bond donors (Lipinski definition) is 0. The van der Waals surface area contributed by atoms with Crippen molar-refractivity contribution in [3.63, 3.8) is 0 Å². The highest BCUT2D eigenvalue weighted by Gasteiger charge is 2.31. The molecule has 0 amide bonds. The van der Waals surface area contributed by atoms with E-state index in [0.29, 0.717) is 0 Å². The summed E-state index contributed by atoms with van der Waals surface area (Å²) in [5, 5.41) is 0. The number of esters is 1. The Morgan fingerprint density at radius 2 is 1.15 bits per heavy atom. The fourth-order valence-electron chi connectivity index (χ4n) is 2.89. The summed E-state index contributed by atoms with van der Waals surface area (Å²) in [6.45, 7) is 3.25. The quantitative estimate of drug-likeness (QED) is 0.416. The molecule has 0 fully saturated rings. The van der Waals surface area contributed by atoms with E-state index in [0.717, 1.165) is 0 Å². The molecular formula is C22H17F3O2. The van der Waals surface area contributed by atoms with Crippen molar-refractivity contribution in [1.82, 2.24) is 0 Å². The summed E-state index contributed by atoms with van der Waals surface area (Å²) in [6, 6.07) is 16.0. The highest BCUT2D eigenvalue weighted by Crippen LogP contribution is 2.39. The fraction of sp³-hybridized carbons (Fsp3) is 0.136. The van der Waals surface area contributed by atoms with E-state index >= 15 is 0 Å². The zero-order valence-corrected chi connectivity index (χ0v) is 14.8. The molecule has 0 N–H and O–H groups in total. The van der Waals surface area contributed by atoms with Crippen LogP contribution in [0.25, 0.3) is 22.3 Å². The van der Waals surface area contributed by atoms with Crippen molar-refractivity contribution in [2.75, 3.05) is 0 Å². The topological polar surface area (TPSA) is 26.3 Å². The monoisotopic (exact) mass is 370 g/mol. The van der Waals surface area contributed by atoms with Gasteiger partial charge in [0.25, 0.3) is 0 Å². The van der Waals surface area contributed by atoms with Gasteiger partial charge in [0.1, 0.15) is 0 Å². The Labute approximate surface area is 155 Å². The van der Waals surface area contributed by atoms with Crippen molar-refractivity contribution in [1.29, 1.82) is 0 Å². The zero-order valence-electron chi connectivity index (χ0n) is 14.8. The highest BCUT2D eigenvalue weighted by atomic mass is 19.2. The van der Waals surface area contributed by atoms with Crippen molar-refractivity contribution in [3.8, 4) is 22.3 Å². The predicted octanol–water partition coefficient (Wildman–Crippen LogP) is 6.00. The van der Waals surface area contributed by atoms with E-state index in [-0.39, 0.29) is 27.8 Å². The highest BCUT2D eigenvalue weighted by molar-refractivity contribution is 6.04. The summed E-state index contributed by atoms with van der Waals surface area (Å²) in [4.78, 5) is 12.8. The van der Waals surface area contributed by atoms with Crippen molar-refractivity contribution in [2.24, 2.45) is 0 Å². The molecule has 3 aromatic rings. The molecule has 3 rings (SSSR count).